The molecule has 0 radical (unpaired) electrons. The SMILES string of the molecule is CC(C)=CC(=O)NC1CCN(C(=O)c2cccnc2)CC1. The number of amides is 2. The molecule has 0 bridgehead atoms. The predicted octanol–water partition coefficient (Wildman–Crippen LogP) is 1.77. The highest BCUT2D eigenvalue weighted by Crippen LogP contribution is 2.13. The maximum atomic E-state index is 12.3. The number of piperidine rings is 1. The lowest BCUT2D eigenvalue weighted by molar-refractivity contribution is -0.117. The first kappa shape index (κ1) is 15.2. The molecular formula is C16H21N3O2. The number of likely N-dealkylation sites (tertiary alicyclic amines) is 1. The molecule has 21 heavy (non-hydrogen) atoms. The highest BCUT2D eigenvalue weighted by molar-refractivity contribution is 5.94. The van der Waals surface area contributed by atoms with E-state index in [4.69, 9.17) is 0 Å². The highest BCUT2D eigenvalue weighted by atomic mass is 16.2. The molecule has 5 nitrogen and oxygen atoms in total. The van der Waals surface area contributed by atoms with Crippen LogP contribution in [0.15, 0.2) is 36.2 Å². The summed E-state index contributed by atoms with van der Waals surface area (Å²) in [6.07, 6.45) is 6.42. The number of rotatable bonds is 3. The van der Waals surface area contributed by atoms with Gasteiger partial charge in [-0.3, -0.25) is 14.6 Å². The van der Waals surface area contributed by atoms with Gasteiger partial charge in [-0.25, -0.2) is 0 Å². The standard InChI is InChI=1S/C16H21N3O2/c1-12(2)10-15(20)18-14-5-8-19(9-6-14)16(21)13-4-3-7-17-11-13/h3-4,7,10-11,14H,5-6,8-9H2,1-2H3,(H,18,20). The van der Waals surface area contributed by atoms with Gasteiger partial charge in [0.05, 0.1) is 5.56 Å². The first-order chi connectivity index (χ1) is 10.1. The highest BCUT2D eigenvalue weighted by Gasteiger charge is 2.24. The number of allylic oxidation sites excluding steroid dienone is 1. The molecule has 1 saturated heterocycles. The van der Waals surface area contributed by atoms with Gasteiger partial charge < -0.3 is 10.2 Å². The molecule has 2 heterocycles. The van der Waals surface area contributed by atoms with Crippen molar-refractivity contribution >= 4 is 11.8 Å². The van der Waals surface area contributed by atoms with Crippen LogP contribution in [0.1, 0.15) is 37.0 Å². The lowest BCUT2D eigenvalue weighted by atomic mass is 10.0. The van der Waals surface area contributed by atoms with Crippen molar-refractivity contribution in [3.63, 3.8) is 0 Å². The average Bonchev–Trinajstić information content (AvgIpc) is 2.47. The van der Waals surface area contributed by atoms with Crippen molar-refractivity contribution in [2.24, 2.45) is 0 Å². The monoisotopic (exact) mass is 287 g/mol. The summed E-state index contributed by atoms with van der Waals surface area (Å²) in [5.74, 6) is -0.0378. The van der Waals surface area contributed by atoms with Crippen LogP contribution in [0, 0.1) is 0 Å². The van der Waals surface area contributed by atoms with Crippen LogP contribution in [0.2, 0.25) is 0 Å². The molecule has 1 fully saturated rings. The molecule has 2 amide bonds. The van der Waals surface area contributed by atoms with Crippen LogP contribution >= 0.6 is 0 Å². The Bertz CT molecular complexity index is 528. The molecule has 1 aromatic heterocycles. The van der Waals surface area contributed by atoms with E-state index in [1.165, 1.54) is 0 Å². The number of nitrogens with zero attached hydrogens (tertiary/aromatic N) is 2. The molecular weight excluding hydrogens is 266 g/mol. The number of carbonyl (C=O) groups excluding carboxylic acids is 2. The van der Waals surface area contributed by atoms with Gasteiger partial charge in [0.15, 0.2) is 0 Å². The first-order valence-corrected chi connectivity index (χ1v) is 7.21. The topological polar surface area (TPSA) is 62.3 Å². The van der Waals surface area contributed by atoms with Gasteiger partial charge in [0.2, 0.25) is 5.91 Å². The molecule has 0 aromatic carbocycles. The summed E-state index contributed by atoms with van der Waals surface area (Å²) in [6.45, 7) is 5.12. The Kier molecular flexibility index (Phi) is 5.09. The Morgan fingerprint density at radius 3 is 2.62 bits per heavy atom. The molecule has 1 aromatic rings. The second-order valence-corrected chi connectivity index (χ2v) is 5.54. The molecule has 0 saturated carbocycles. The summed E-state index contributed by atoms with van der Waals surface area (Å²) in [6, 6.07) is 3.68. The lowest BCUT2D eigenvalue weighted by Crippen LogP contribution is -2.46. The van der Waals surface area contributed by atoms with E-state index in [1.54, 1.807) is 30.6 Å². The third-order valence-electron chi connectivity index (χ3n) is 3.46. The molecule has 1 N–H and O–H groups in total. The Morgan fingerprint density at radius 2 is 2.05 bits per heavy atom. The molecule has 112 valence electrons. The van der Waals surface area contributed by atoms with Gasteiger partial charge in [-0.1, -0.05) is 5.57 Å². The van der Waals surface area contributed by atoms with Crippen molar-refractivity contribution in [3.8, 4) is 0 Å². The fraction of sp³-hybridized carbons (Fsp3) is 0.438. The van der Waals surface area contributed by atoms with E-state index in [0.29, 0.717) is 18.7 Å². The summed E-state index contributed by atoms with van der Waals surface area (Å²) in [5, 5.41) is 2.98. The zero-order chi connectivity index (χ0) is 15.2. The molecule has 0 aliphatic carbocycles. The molecule has 0 spiro atoms. The first-order valence-electron chi connectivity index (χ1n) is 7.21. The number of hydrogen-bond donors (Lipinski definition) is 1. The number of pyridine rings is 1. The van der Waals surface area contributed by atoms with Crippen molar-refractivity contribution in [2.45, 2.75) is 32.7 Å². The summed E-state index contributed by atoms with van der Waals surface area (Å²) < 4.78 is 0. The zero-order valence-corrected chi connectivity index (χ0v) is 12.5. The molecule has 0 unspecified atom stereocenters. The number of nitrogens with one attached hydrogen (secondary N) is 1. The normalized spacial score (nSPS) is 15.4. The van der Waals surface area contributed by atoms with Crippen molar-refractivity contribution in [1.82, 2.24) is 15.2 Å². The largest absolute Gasteiger partial charge is 0.350 e. The van der Waals surface area contributed by atoms with Crippen LogP contribution in [0.4, 0.5) is 0 Å². The Hall–Kier alpha value is -2.17. The minimum absolute atomic E-state index is 0.0113. The summed E-state index contributed by atoms with van der Waals surface area (Å²) in [7, 11) is 0. The Morgan fingerprint density at radius 1 is 1.33 bits per heavy atom. The minimum atomic E-state index is -0.0490. The van der Waals surface area contributed by atoms with Crippen LogP contribution in [0.25, 0.3) is 0 Å². The average molecular weight is 287 g/mol. The van der Waals surface area contributed by atoms with E-state index in [1.807, 2.05) is 18.7 Å². The number of aromatic nitrogens is 1. The summed E-state index contributed by atoms with van der Waals surface area (Å²) in [4.78, 5) is 29.7. The summed E-state index contributed by atoms with van der Waals surface area (Å²) >= 11 is 0. The van der Waals surface area contributed by atoms with E-state index in [2.05, 4.69) is 10.3 Å². The van der Waals surface area contributed by atoms with Gasteiger partial charge >= 0.3 is 0 Å². The Balaban J connectivity index is 1.85. The second-order valence-electron chi connectivity index (χ2n) is 5.54. The van der Waals surface area contributed by atoms with Crippen molar-refractivity contribution in [1.29, 1.82) is 0 Å². The van der Waals surface area contributed by atoms with Crippen LogP contribution in [-0.4, -0.2) is 40.8 Å². The number of hydrogen-bond acceptors (Lipinski definition) is 3. The third-order valence-corrected chi connectivity index (χ3v) is 3.46. The molecule has 2 rings (SSSR count). The second kappa shape index (κ2) is 7.02. The predicted molar refractivity (Wildman–Crippen MR) is 80.7 cm³/mol. The van der Waals surface area contributed by atoms with Crippen molar-refractivity contribution < 1.29 is 9.59 Å². The van der Waals surface area contributed by atoms with Gasteiger partial charge in [0.1, 0.15) is 0 Å². The van der Waals surface area contributed by atoms with Gasteiger partial charge in [0, 0.05) is 37.6 Å². The van der Waals surface area contributed by atoms with E-state index < -0.39 is 0 Å². The van der Waals surface area contributed by atoms with Gasteiger partial charge in [-0.15, -0.1) is 0 Å². The van der Waals surface area contributed by atoms with Crippen LogP contribution in [0.5, 0.6) is 0 Å². The zero-order valence-electron chi connectivity index (χ0n) is 12.5. The van der Waals surface area contributed by atoms with Crippen LogP contribution in [-0.2, 0) is 4.79 Å². The van der Waals surface area contributed by atoms with Crippen LogP contribution in [0.3, 0.4) is 0 Å². The lowest BCUT2D eigenvalue weighted by Gasteiger charge is -2.32. The van der Waals surface area contributed by atoms with Crippen LogP contribution < -0.4 is 5.32 Å². The van der Waals surface area contributed by atoms with Gasteiger partial charge in [0.25, 0.3) is 5.91 Å². The molecule has 0 atom stereocenters. The molecule has 1 aliphatic heterocycles. The smallest absolute Gasteiger partial charge is 0.255 e. The van der Waals surface area contributed by atoms with E-state index in [0.717, 1.165) is 18.4 Å². The Labute approximate surface area is 125 Å². The fourth-order valence-corrected chi connectivity index (χ4v) is 2.40. The maximum absolute atomic E-state index is 12.3. The quantitative estimate of drug-likeness (QED) is 0.862. The van der Waals surface area contributed by atoms with Gasteiger partial charge in [-0.2, -0.15) is 0 Å². The van der Waals surface area contributed by atoms with Crippen molar-refractivity contribution in [2.75, 3.05) is 13.1 Å². The van der Waals surface area contributed by atoms with Gasteiger partial charge in [-0.05, 0) is 38.8 Å². The minimum Gasteiger partial charge on any atom is -0.350 e. The number of carbonyl (C=O) groups is 2. The van der Waals surface area contributed by atoms with Crippen molar-refractivity contribution in [3.05, 3.63) is 41.7 Å². The van der Waals surface area contributed by atoms with E-state index in [-0.39, 0.29) is 17.9 Å². The maximum Gasteiger partial charge on any atom is 0.255 e. The van der Waals surface area contributed by atoms with E-state index in [9.17, 15) is 9.59 Å². The third kappa shape index (κ3) is 4.41. The molecule has 5 heteroatoms. The van der Waals surface area contributed by atoms with E-state index >= 15 is 0 Å². The fourth-order valence-electron chi connectivity index (χ4n) is 2.40. The molecule has 1 aliphatic rings. The summed E-state index contributed by atoms with van der Waals surface area (Å²) in [5.41, 5.74) is 1.60.